The predicted octanol–water partition coefficient (Wildman–Crippen LogP) is 3.98. The minimum Gasteiger partial charge on any atom is -0.378 e. The Kier molecular flexibility index (Phi) is 7.52. The summed E-state index contributed by atoms with van der Waals surface area (Å²) in [6, 6.07) is 5.51. The fraction of sp³-hybridized carbons (Fsp3) is 0.250. The second-order valence-corrected chi connectivity index (χ2v) is 6.13. The van der Waals surface area contributed by atoms with E-state index < -0.39 is 11.6 Å². The molecule has 1 saturated heterocycles. The topological polar surface area (TPSA) is 85.8 Å². The number of pyridine rings is 2. The third-order valence-corrected chi connectivity index (χ3v) is 4.19. The van der Waals surface area contributed by atoms with Crippen molar-refractivity contribution in [2.45, 2.75) is 0 Å². The van der Waals surface area contributed by atoms with E-state index in [1.165, 1.54) is 0 Å². The van der Waals surface area contributed by atoms with E-state index in [4.69, 9.17) is 50.1 Å². The van der Waals surface area contributed by atoms with Gasteiger partial charge in [0.15, 0.2) is 22.6 Å². The molecule has 0 saturated carbocycles. The second kappa shape index (κ2) is 9.63. The summed E-state index contributed by atoms with van der Waals surface area (Å²) in [4.78, 5) is 9.04. The average molecular weight is 433 g/mol. The zero-order chi connectivity index (χ0) is 20.0. The molecule has 0 bridgehead atoms. The molecule has 3 heterocycles. The normalized spacial score (nSPS) is 13.2. The molecule has 2 aromatic heterocycles. The summed E-state index contributed by atoms with van der Waals surface area (Å²) in [5, 5.41) is 16.6. The number of rotatable bonds is 1. The van der Waals surface area contributed by atoms with E-state index in [1.807, 2.05) is 0 Å². The first-order chi connectivity index (χ1) is 12.9. The average Bonchev–Trinajstić information content (AvgIpc) is 2.67. The van der Waals surface area contributed by atoms with Crippen LogP contribution in [0.4, 0.5) is 14.6 Å². The van der Waals surface area contributed by atoms with Crippen LogP contribution in [-0.2, 0) is 4.74 Å². The van der Waals surface area contributed by atoms with Crippen molar-refractivity contribution in [1.29, 1.82) is 10.5 Å². The second-order valence-electron chi connectivity index (χ2n) is 5.05. The molecule has 6 nitrogen and oxygen atoms in total. The quantitative estimate of drug-likeness (QED) is 0.634. The van der Waals surface area contributed by atoms with Gasteiger partial charge in [-0.05, 0) is 12.1 Å². The first-order valence-electron chi connectivity index (χ1n) is 7.37. The minimum atomic E-state index is -0.743. The Morgan fingerprint density at radius 1 is 0.889 bits per heavy atom. The molecule has 1 fully saturated rings. The number of nitrogens with zero attached hydrogens (tertiary/aromatic N) is 5. The third-order valence-electron chi connectivity index (χ3n) is 3.35. The predicted molar refractivity (Wildman–Crippen MR) is 95.9 cm³/mol. The highest BCUT2D eigenvalue weighted by atomic mass is 35.5. The van der Waals surface area contributed by atoms with Crippen LogP contribution in [0.1, 0.15) is 11.1 Å². The summed E-state index contributed by atoms with van der Waals surface area (Å²) in [6.45, 7) is 2.23. The van der Waals surface area contributed by atoms with E-state index in [0.29, 0.717) is 26.3 Å². The summed E-state index contributed by atoms with van der Waals surface area (Å²) in [5.41, 5.74) is 0.0322. The number of aromatic nitrogens is 2. The van der Waals surface area contributed by atoms with Crippen LogP contribution in [0, 0.1) is 34.3 Å². The smallest absolute Gasteiger partial charge is 0.167 e. The lowest BCUT2D eigenvalue weighted by Gasteiger charge is -2.28. The van der Waals surface area contributed by atoms with Crippen molar-refractivity contribution in [3.63, 3.8) is 0 Å². The third kappa shape index (κ3) is 5.38. The molecule has 0 spiro atoms. The van der Waals surface area contributed by atoms with Gasteiger partial charge in [0.2, 0.25) is 0 Å². The maximum absolute atomic E-state index is 13.6. The molecule has 0 radical (unpaired) electrons. The van der Waals surface area contributed by atoms with Gasteiger partial charge in [-0.3, -0.25) is 0 Å². The number of ether oxygens (including phenoxy) is 1. The Morgan fingerprint density at radius 3 is 1.96 bits per heavy atom. The number of nitriles is 2. The lowest BCUT2D eigenvalue weighted by Crippen LogP contribution is -2.37. The van der Waals surface area contributed by atoms with Gasteiger partial charge in [-0.25, -0.2) is 18.7 Å². The van der Waals surface area contributed by atoms with Gasteiger partial charge in [-0.1, -0.05) is 34.8 Å². The van der Waals surface area contributed by atoms with Crippen molar-refractivity contribution in [2.24, 2.45) is 0 Å². The zero-order valence-corrected chi connectivity index (χ0v) is 15.8. The fourth-order valence-corrected chi connectivity index (χ4v) is 2.60. The number of anilines is 1. The number of hydrogen-bond acceptors (Lipinski definition) is 6. The van der Waals surface area contributed by atoms with Gasteiger partial charge >= 0.3 is 0 Å². The lowest BCUT2D eigenvalue weighted by atomic mass is 10.3. The van der Waals surface area contributed by atoms with Crippen molar-refractivity contribution in [3.05, 3.63) is 50.4 Å². The van der Waals surface area contributed by atoms with E-state index in [9.17, 15) is 8.78 Å². The molecule has 2 aromatic rings. The standard InChI is InChI=1S/C10H9ClFN3O.C6HCl2FN2/c11-9-7(6-13)5-8(12)10(14-9)15-1-3-16-4-2-15;7-5-3(2-10)1-4(9)6(8)11-5/h5H,1-4H2;1H. The van der Waals surface area contributed by atoms with E-state index in [0.717, 1.165) is 12.1 Å². The van der Waals surface area contributed by atoms with Crippen LogP contribution in [0.2, 0.25) is 15.5 Å². The van der Waals surface area contributed by atoms with Crippen molar-refractivity contribution in [3.8, 4) is 12.1 Å². The summed E-state index contributed by atoms with van der Waals surface area (Å²) >= 11 is 16.4. The molecule has 0 aliphatic carbocycles. The first-order valence-corrected chi connectivity index (χ1v) is 8.51. The highest BCUT2D eigenvalue weighted by Crippen LogP contribution is 2.23. The van der Waals surface area contributed by atoms with Crippen LogP contribution >= 0.6 is 34.8 Å². The highest BCUT2D eigenvalue weighted by molar-refractivity contribution is 6.33. The molecule has 0 amide bonds. The van der Waals surface area contributed by atoms with Crippen LogP contribution in [0.15, 0.2) is 12.1 Å². The Morgan fingerprint density at radius 2 is 1.41 bits per heavy atom. The maximum Gasteiger partial charge on any atom is 0.167 e. The largest absolute Gasteiger partial charge is 0.378 e. The van der Waals surface area contributed by atoms with E-state index in [-0.39, 0.29) is 32.4 Å². The van der Waals surface area contributed by atoms with E-state index in [1.54, 1.807) is 17.0 Å². The molecule has 0 atom stereocenters. The Hall–Kier alpha value is -2.23. The van der Waals surface area contributed by atoms with Crippen LogP contribution in [0.25, 0.3) is 0 Å². The van der Waals surface area contributed by atoms with Gasteiger partial charge in [-0.15, -0.1) is 0 Å². The Balaban J connectivity index is 0.000000208. The van der Waals surface area contributed by atoms with Crippen LogP contribution in [-0.4, -0.2) is 36.3 Å². The Bertz CT molecular complexity index is 924. The molecule has 0 unspecified atom stereocenters. The van der Waals surface area contributed by atoms with Crippen LogP contribution in [0.5, 0.6) is 0 Å². The van der Waals surface area contributed by atoms with Crippen LogP contribution in [0.3, 0.4) is 0 Å². The van der Waals surface area contributed by atoms with Gasteiger partial charge < -0.3 is 9.64 Å². The monoisotopic (exact) mass is 431 g/mol. The molecule has 140 valence electrons. The SMILES string of the molecule is N#Cc1cc(F)c(Cl)nc1Cl.N#Cc1cc(F)c(N2CCOCC2)nc1Cl. The number of morpholine rings is 1. The molecule has 11 heteroatoms. The molecular formula is C16H10Cl3F2N5O. The molecular weight excluding hydrogens is 423 g/mol. The van der Waals surface area contributed by atoms with Gasteiger partial charge in [-0.2, -0.15) is 10.5 Å². The van der Waals surface area contributed by atoms with Gasteiger partial charge in [0, 0.05) is 13.1 Å². The van der Waals surface area contributed by atoms with Crippen LogP contribution < -0.4 is 4.90 Å². The van der Waals surface area contributed by atoms with E-state index >= 15 is 0 Å². The van der Waals surface area contributed by atoms with Crippen molar-refractivity contribution >= 4 is 40.6 Å². The Labute approximate surface area is 168 Å². The summed E-state index contributed by atoms with van der Waals surface area (Å²) in [6.07, 6.45) is 0. The first kappa shape index (κ1) is 21.1. The van der Waals surface area contributed by atoms with Crippen molar-refractivity contribution in [2.75, 3.05) is 31.2 Å². The summed E-state index contributed by atoms with van der Waals surface area (Å²) in [7, 11) is 0. The number of hydrogen-bond donors (Lipinski definition) is 0. The van der Waals surface area contributed by atoms with Gasteiger partial charge in [0.05, 0.1) is 24.3 Å². The minimum absolute atomic E-state index is 0.0198. The fourth-order valence-electron chi connectivity index (χ4n) is 2.06. The van der Waals surface area contributed by atoms with Gasteiger partial charge in [0.25, 0.3) is 0 Å². The molecule has 1 aliphatic heterocycles. The summed E-state index contributed by atoms with van der Waals surface area (Å²) < 4.78 is 31.3. The lowest BCUT2D eigenvalue weighted by molar-refractivity contribution is 0.122. The number of halogens is 5. The van der Waals surface area contributed by atoms with Crippen molar-refractivity contribution in [1.82, 2.24) is 9.97 Å². The van der Waals surface area contributed by atoms with Crippen molar-refractivity contribution < 1.29 is 13.5 Å². The molecule has 0 aromatic carbocycles. The zero-order valence-electron chi connectivity index (χ0n) is 13.5. The molecule has 3 rings (SSSR count). The van der Waals surface area contributed by atoms with E-state index in [2.05, 4.69) is 9.97 Å². The molecule has 1 aliphatic rings. The maximum atomic E-state index is 13.6. The summed E-state index contributed by atoms with van der Waals surface area (Å²) in [5.74, 6) is -1.08. The van der Waals surface area contributed by atoms with Gasteiger partial charge in [0.1, 0.15) is 22.4 Å². The molecule has 0 N–H and O–H groups in total. The highest BCUT2D eigenvalue weighted by Gasteiger charge is 2.18. The molecule has 27 heavy (non-hydrogen) atoms.